The van der Waals surface area contributed by atoms with Gasteiger partial charge in [-0.15, -0.1) is 0 Å². The molecule has 0 spiro atoms. The molecule has 1 N–H and O–H groups in total. The SMILES string of the molecule is O=C(COC(=O)/C=C/c1ccc(OC(F)F)cc1)Nc1cccc(F)c1. The zero-order valence-corrected chi connectivity index (χ0v) is 13.3. The Kier molecular flexibility index (Phi) is 6.78. The first kappa shape index (κ1) is 19.0. The van der Waals surface area contributed by atoms with E-state index in [1.54, 1.807) is 0 Å². The average molecular weight is 365 g/mol. The van der Waals surface area contributed by atoms with Crippen molar-refractivity contribution in [1.82, 2.24) is 0 Å². The number of nitrogens with one attached hydrogen (secondary N) is 1. The molecule has 0 saturated heterocycles. The van der Waals surface area contributed by atoms with Crippen LogP contribution in [0.2, 0.25) is 0 Å². The Labute approximate surface area is 147 Å². The summed E-state index contributed by atoms with van der Waals surface area (Å²) in [6.45, 7) is -3.45. The van der Waals surface area contributed by atoms with Gasteiger partial charge in [0.1, 0.15) is 11.6 Å². The third kappa shape index (κ3) is 6.68. The number of hydrogen-bond donors (Lipinski definition) is 1. The number of esters is 1. The molecule has 0 aliphatic carbocycles. The minimum atomic E-state index is -2.91. The first-order valence-corrected chi connectivity index (χ1v) is 7.37. The highest BCUT2D eigenvalue weighted by atomic mass is 19.3. The predicted molar refractivity (Wildman–Crippen MR) is 88.1 cm³/mol. The predicted octanol–water partition coefficient (Wildman–Crippen LogP) is 3.62. The van der Waals surface area contributed by atoms with Crippen molar-refractivity contribution in [3.05, 3.63) is 66.0 Å². The number of hydrogen-bond acceptors (Lipinski definition) is 4. The van der Waals surface area contributed by atoms with Gasteiger partial charge in [0.2, 0.25) is 0 Å². The van der Waals surface area contributed by atoms with Gasteiger partial charge in [0.25, 0.3) is 5.91 Å². The molecule has 0 fully saturated rings. The van der Waals surface area contributed by atoms with Crippen LogP contribution in [0.1, 0.15) is 5.56 Å². The number of alkyl halides is 2. The van der Waals surface area contributed by atoms with Crippen LogP contribution in [0.4, 0.5) is 18.9 Å². The number of halogens is 3. The molecule has 0 bridgehead atoms. The van der Waals surface area contributed by atoms with Gasteiger partial charge in [-0.2, -0.15) is 8.78 Å². The van der Waals surface area contributed by atoms with Crippen molar-refractivity contribution >= 4 is 23.6 Å². The van der Waals surface area contributed by atoms with Gasteiger partial charge in [-0.25, -0.2) is 9.18 Å². The van der Waals surface area contributed by atoms with E-state index in [2.05, 4.69) is 10.1 Å². The van der Waals surface area contributed by atoms with Gasteiger partial charge in [-0.1, -0.05) is 18.2 Å². The first-order valence-electron chi connectivity index (χ1n) is 7.37. The van der Waals surface area contributed by atoms with Gasteiger partial charge in [-0.05, 0) is 42.0 Å². The molecule has 0 aromatic heterocycles. The molecule has 0 atom stereocenters. The zero-order chi connectivity index (χ0) is 18.9. The molecule has 1 amide bonds. The third-order valence-corrected chi connectivity index (χ3v) is 2.97. The third-order valence-electron chi connectivity index (χ3n) is 2.97. The van der Waals surface area contributed by atoms with E-state index in [1.807, 2.05) is 0 Å². The summed E-state index contributed by atoms with van der Waals surface area (Å²) < 4.78 is 46.0. The van der Waals surface area contributed by atoms with E-state index in [4.69, 9.17) is 4.74 Å². The normalized spacial score (nSPS) is 10.8. The van der Waals surface area contributed by atoms with Crippen molar-refractivity contribution in [1.29, 1.82) is 0 Å². The molecule has 8 heteroatoms. The van der Waals surface area contributed by atoms with Gasteiger partial charge >= 0.3 is 12.6 Å². The summed E-state index contributed by atoms with van der Waals surface area (Å²) in [5, 5.41) is 2.38. The van der Waals surface area contributed by atoms with Crippen molar-refractivity contribution in [2.45, 2.75) is 6.61 Å². The monoisotopic (exact) mass is 365 g/mol. The second-order valence-corrected chi connectivity index (χ2v) is 4.95. The van der Waals surface area contributed by atoms with E-state index in [-0.39, 0.29) is 11.4 Å². The molecule has 5 nitrogen and oxygen atoms in total. The van der Waals surface area contributed by atoms with Crippen LogP contribution < -0.4 is 10.1 Å². The van der Waals surface area contributed by atoms with Crippen molar-refractivity contribution in [3.8, 4) is 5.75 Å². The van der Waals surface area contributed by atoms with Crippen LogP contribution in [0.5, 0.6) is 5.75 Å². The highest BCUT2D eigenvalue weighted by molar-refractivity contribution is 5.94. The van der Waals surface area contributed by atoms with E-state index in [0.717, 1.165) is 12.1 Å². The van der Waals surface area contributed by atoms with Crippen LogP contribution >= 0.6 is 0 Å². The Morgan fingerprint density at radius 2 is 1.85 bits per heavy atom. The van der Waals surface area contributed by atoms with E-state index < -0.39 is 30.9 Å². The summed E-state index contributed by atoms with van der Waals surface area (Å²) >= 11 is 0. The largest absolute Gasteiger partial charge is 0.452 e. The molecule has 0 heterocycles. The number of rotatable bonds is 7. The molecule has 0 radical (unpaired) electrons. The molecule has 0 aliphatic rings. The summed E-state index contributed by atoms with van der Waals surface area (Å²) in [4.78, 5) is 23.2. The van der Waals surface area contributed by atoms with Crippen LogP contribution in [-0.4, -0.2) is 25.1 Å². The zero-order valence-electron chi connectivity index (χ0n) is 13.3. The van der Waals surface area contributed by atoms with Crippen molar-refractivity contribution < 1.29 is 32.2 Å². The minimum absolute atomic E-state index is 0.00579. The van der Waals surface area contributed by atoms with Crippen molar-refractivity contribution in [2.24, 2.45) is 0 Å². The second-order valence-electron chi connectivity index (χ2n) is 4.95. The Morgan fingerprint density at radius 3 is 2.50 bits per heavy atom. The standard InChI is InChI=1S/C18H14F3NO4/c19-13-2-1-3-14(10-13)22-16(23)11-25-17(24)9-6-12-4-7-15(8-5-12)26-18(20)21/h1-10,18H,11H2,(H,22,23)/b9-6+. The molecule has 26 heavy (non-hydrogen) atoms. The van der Waals surface area contributed by atoms with E-state index in [1.165, 1.54) is 48.5 Å². The summed E-state index contributed by atoms with van der Waals surface area (Å²) in [6, 6.07) is 10.9. The molecular formula is C18H14F3NO4. The van der Waals surface area contributed by atoms with Crippen LogP contribution in [0.25, 0.3) is 6.08 Å². The summed E-state index contributed by atoms with van der Waals surface area (Å²) in [5.74, 6) is -1.90. The van der Waals surface area contributed by atoms with Gasteiger partial charge in [0, 0.05) is 11.8 Å². The van der Waals surface area contributed by atoms with Gasteiger partial charge in [0.15, 0.2) is 6.61 Å². The molecule has 136 valence electrons. The van der Waals surface area contributed by atoms with Crippen molar-refractivity contribution in [2.75, 3.05) is 11.9 Å². The van der Waals surface area contributed by atoms with Crippen molar-refractivity contribution in [3.63, 3.8) is 0 Å². The van der Waals surface area contributed by atoms with Crippen LogP contribution in [0, 0.1) is 5.82 Å². The summed E-state index contributed by atoms with van der Waals surface area (Å²) in [6.07, 6.45) is 2.47. The number of carbonyl (C=O) groups excluding carboxylic acids is 2. The Morgan fingerprint density at radius 1 is 1.12 bits per heavy atom. The molecular weight excluding hydrogens is 351 g/mol. The molecule has 2 aromatic rings. The Bertz CT molecular complexity index is 791. The van der Waals surface area contributed by atoms with Gasteiger partial charge < -0.3 is 14.8 Å². The molecule has 0 aliphatic heterocycles. The lowest BCUT2D eigenvalue weighted by atomic mass is 10.2. The lowest BCUT2D eigenvalue weighted by Crippen LogP contribution is -2.20. The lowest BCUT2D eigenvalue weighted by molar-refractivity contribution is -0.142. The fourth-order valence-corrected chi connectivity index (χ4v) is 1.87. The van der Waals surface area contributed by atoms with Gasteiger partial charge in [-0.3, -0.25) is 4.79 Å². The summed E-state index contributed by atoms with van der Waals surface area (Å²) in [7, 11) is 0. The molecule has 2 rings (SSSR count). The smallest absolute Gasteiger partial charge is 0.387 e. The Hall–Kier alpha value is -3.29. The molecule has 0 unspecified atom stereocenters. The first-order chi connectivity index (χ1) is 12.4. The summed E-state index contributed by atoms with van der Waals surface area (Å²) in [5.41, 5.74) is 0.792. The number of amides is 1. The van der Waals surface area contributed by atoms with Crippen LogP contribution in [0.15, 0.2) is 54.6 Å². The quantitative estimate of drug-likeness (QED) is 0.601. The maximum absolute atomic E-state index is 13.0. The fraction of sp³-hybridized carbons (Fsp3) is 0.111. The number of carbonyl (C=O) groups is 2. The Balaban J connectivity index is 1.78. The van der Waals surface area contributed by atoms with Gasteiger partial charge in [0.05, 0.1) is 0 Å². The number of benzene rings is 2. The van der Waals surface area contributed by atoms with E-state index in [0.29, 0.717) is 5.56 Å². The highest BCUT2D eigenvalue weighted by Gasteiger charge is 2.06. The highest BCUT2D eigenvalue weighted by Crippen LogP contribution is 2.15. The maximum Gasteiger partial charge on any atom is 0.387 e. The fourth-order valence-electron chi connectivity index (χ4n) is 1.87. The number of ether oxygens (including phenoxy) is 2. The minimum Gasteiger partial charge on any atom is -0.452 e. The molecule has 0 saturated carbocycles. The molecule has 2 aromatic carbocycles. The average Bonchev–Trinajstić information content (AvgIpc) is 2.59. The van der Waals surface area contributed by atoms with Crippen LogP contribution in [0.3, 0.4) is 0 Å². The number of anilines is 1. The maximum atomic E-state index is 13.0. The van der Waals surface area contributed by atoms with E-state index in [9.17, 15) is 22.8 Å². The topological polar surface area (TPSA) is 64.6 Å². The van der Waals surface area contributed by atoms with Crippen LogP contribution in [-0.2, 0) is 14.3 Å². The van der Waals surface area contributed by atoms with E-state index >= 15 is 0 Å². The second kappa shape index (κ2) is 9.26. The lowest BCUT2D eigenvalue weighted by Gasteiger charge is -2.05.